The highest BCUT2D eigenvalue weighted by Gasteiger charge is 2.23. The molecule has 3 rings (SSSR count). The van der Waals surface area contributed by atoms with Gasteiger partial charge in [0.05, 0.1) is 11.3 Å². The van der Waals surface area contributed by atoms with Crippen LogP contribution in [-0.2, 0) is 0 Å². The molecule has 0 saturated heterocycles. The van der Waals surface area contributed by atoms with Gasteiger partial charge in [-0.1, -0.05) is 0 Å². The van der Waals surface area contributed by atoms with Gasteiger partial charge in [0.2, 0.25) is 0 Å². The first kappa shape index (κ1) is 14.7. The summed E-state index contributed by atoms with van der Waals surface area (Å²) >= 11 is 1.53. The molecular weight excluding hydrogens is 296 g/mol. The molecule has 0 atom stereocenters. The van der Waals surface area contributed by atoms with Crippen LogP contribution < -0.4 is 0 Å². The van der Waals surface area contributed by atoms with Crippen molar-refractivity contribution in [2.75, 3.05) is 0 Å². The lowest BCUT2D eigenvalue weighted by Crippen LogP contribution is -2.09. The fourth-order valence-electron chi connectivity index (χ4n) is 2.77. The molecule has 2 aromatic rings. The predicted molar refractivity (Wildman–Crippen MR) is 89.4 cm³/mol. The van der Waals surface area contributed by atoms with Crippen LogP contribution in [0.15, 0.2) is 39.8 Å². The summed E-state index contributed by atoms with van der Waals surface area (Å²) in [4.78, 5) is 20.7. The number of pyridine rings is 1. The van der Waals surface area contributed by atoms with Crippen LogP contribution in [0.5, 0.6) is 0 Å². The first-order valence-corrected chi connectivity index (χ1v) is 8.01. The van der Waals surface area contributed by atoms with E-state index in [0.717, 1.165) is 41.0 Å². The van der Waals surface area contributed by atoms with Gasteiger partial charge in [-0.3, -0.25) is 9.98 Å². The predicted octanol–water partition coefficient (Wildman–Crippen LogP) is 4.49. The number of hydrogen-bond acceptors (Lipinski definition) is 4. The molecule has 0 unspecified atom stereocenters. The van der Waals surface area contributed by atoms with Gasteiger partial charge in [0.1, 0.15) is 0 Å². The van der Waals surface area contributed by atoms with E-state index in [9.17, 15) is 9.90 Å². The molecule has 112 valence electrons. The number of allylic oxidation sites excluding steroid dienone is 2. The van der Waals surface area contributed by atoms with E-state index in [4.69, 9.17) is 0 Å². The lowest BCUT2D eigenvalue weighted by atomic mass is 9.91. The number of aliphatic imine (C=N–C) groups is 1. The minimum Gasteiger partial charge on any atom is -0.478 e. The molecule has 22 heavy (non-hydrogen) atoms. The van der Waals surface area contributed by atoms with Crippen molar-refractivity contribution in [3.05, 3.63) is 45.9 Å². The van der Waals surface area contributed by atoms with Crippen molar-refractivity contribution in [3.63, 3.8) is 0 Å². The Hall–Kier alpha value is -2.27. The maximum atomic E-state index is 11.9. The topological polar surface area (TPSA) is 62.5 Å². The van der Waals surface area contributed by atoms with Crippen LogP contribution in [0.4, 0.5) is 0 Å². The van der Waals surface area contributed by atoms with Gasteiger partial charge in [0.15, 0.2) is 0 Å². The molecule has 1 N–H and O–H groups in total. The van der Waals surface area contributed by atoms with Crippen molar-refractivity contribution in [1.82, 2.24) is 4.98 Å². The number of carbonyl (C=O) groups is 1. The summed E-state index contributed by atoms with van der Waals surface area (Å²) in [5.74, 6) is -0.948. The van der Waals surface area contributed by atoms with Crippen molar-refractivity contribution in [1.29, 1.82) is 0 Å². The Kier molecular flexibility index (Phi) is 3.90. The first-order valence-electron chi connectivity index (χ1n) is 7.07. The Morgan fingerprint density at radius 3 is 2.73 bits per heavy atom. The zero-order valence-corrected chi connectivity index (χ0v) is 13.3. The van der Waals surface area contributed by atoms with Crippen LogP contribution in [0.2, 0.25) is 0 Å². The smallest absolute Gasteiger partial charge is 0.338 e. The second-order valence-corrected chi connectivity index (χ2v) is 6.09. The fourth-order valence-corrected chi connectivity index (χ4v) is 3.41. The zero-order valence-electron chi connectivity index (χ0n) is 12.5. The molecule has 0 amide bonds. The molecule has 2 aromatic heterocycles. The number of carboxylic acid groups (broad SMARTS) is 1. The van der Waals surface area contributed by atoms with E-state index >= 15 is 0 Å². The fraction of sp³-hybridized carbons (Fsp3) is 0.235. The molecule has 4 nitrogen and oxygen atoms in total. The van der Waals surface area contributed by atoms with Crippen molar-refractivity contribution in [2.45, 2.75) is 26.7 Å². The van der Waals surface area contributed by atoms with E-state index < -0.39 is 5.97 Å². The molecule has 5 heteroatoms. The summed E-state index contributed by atoms with van der Waals surface area (Å²) in [5.41, 5.74) is 5.36. The van der Waals surface area contributed by atoms with Gasteiger partial charge in [-0.15, -0.1) is 0 Å². The average Bonchev–Trinajstić information content (AvgIpc) is 3.00. The first-order chi connectivity index (χ1) is 10.6. The summed E-state index contributed by atoms with van der Waals surface area (Å²) in [7, 11) is 0. The average molecular weight is 312 g/mol. The van der Waals surface area contributed by atoms with E-state index in [0.29, 0.717) is 5.69 Å². The van der Waals surface area contributed by atoms with Crippen LogP contribution >= 0.6 is 11.3 Å². The van der Waals surface area contributed by atoms with Gasteiger partial charge >= 0.3 is 5.97 Å². The molecule has 0 aromatic carbocycles. The summed E-state index contributed by atoms with van der Waals surface area (Å²) in [6.45, 7) is 3.94. The second kappa shape index (κ2) is 5.85. The lowest BCUT2D eigenvalue weighted by Gasteiger charge is -2.18. The maximum absolute atomic E-state index is 11.9. The minimum absolute atomic E-state index is 0.269. The normalized spacial score (nSPS) is 14.9. The van der Waals surface area contributed by atoms with Gasteiger partial charge in [-0.05, 0) is 55.3 Å². The molecule has 1 aliphatic heterocycles. The van der Waals surface area contributed by atoms with E-state index in [1.165, 1.54) is 11.3 Å². The number of aromatic nitrogens is 1. The minimum atomic E-state index is -0.948. The van der Waals surface area contributed by atoms with E-state index in [1.807, 2.05) is 30.7 Å². The second-order valence-electron chi connectivity index (χ2n) is 5.31. The van der Waals surface area contributed by atoms with E-state index in [1.54, 1.807) is 12.3 Å². The highest BCUT2D eigenvalue weighted by atomic mass is 32.1. The van der Waals surface area contributed by atoms with Crippen molar-refractivity contribution in [3.8, 4) is 11.3 Å². The van der Waals surface area contributed by atoms with Gasteiger partial charge in [-0.25, -0.2) is 4.79 Å². The molecule has 0 spiro atoms. The molecule has 0 radical (unpaired) electrons. The Labute approximate surface area is 132 Å². The SMILES string of the molecule is CC1=NC(C)=C(c2ccnc(-c3ccsc3)c2C(=O)O)CC1. The Bertz CT molecular complexity index is 789. The van der Waals surface area contributed by atoms with Crippen molar-refractivity contribution >= 4 is 28.6 Å². The molecule has 0 saturated carbocycles. The van der Waals surface area contributed by atoms with Gasteiger partial charge in [-0.2, -0.15) is 11.3 Å². The highest BCUT2D eigenvalue weighted by Crippen LogP contribution is 2.34. The molecule has 1 aliphatic rings. The number of carboxylic acids is 1. The zero-order chi connectivity index (χ0) is 15.7. The third-order valence-electron chi connectivity index (χ3n) is 3.82. The van der Waals surface area contributed by atoms with Gasteiger partial charge in [0, 0.05) is 28.5 Å². The van der Waals surface area contributed by atoms with Gasteiger partial charge in [0.25, 0.3) is 0 Å². The monoisotopic (exact) mass is 312 g/mol. The molecular formula is C17H16N2O2S. The largest absolute Gasteiger partial charge is 0.478 e. The van der Waals surface area contributed by atoms with Crippen LogP contribution in [0.25, 0.3) is 16.8 Å². The standard InChI is InChI=1S/C17H16N2O2S/c1-10-3-4-13(11(2)19-10)14-5-7-18-16(15(14)17(20)21)12-6-8-22-9-12/h5-9H,3-4H2,1-2H3,(H,20,21). The van der Waals surface area contributed by atoms with Crippen LogP contribution in [0.1, 0.15) is 42.6 Å². The molecule has 0 bridgehead atoms. The quantitative estimate of drug-likeness (QED) is 0.908. The summed E-state index contributed by atoms with van der Waals surface area (Å²) in [5, 5.41) is 13.6. The Morgan fingerprint density at radius 2 is 2.09 bits per heavy atom. The lowest BCUT2D eigenvalue weighted by molar-refractivity contribution is 0.0697. The van der Waals surface area contributed by atoms with Crippen LogP contribution in [-0.4, -0.2) is 21.8 Å². The van der Waals surface area contributed by atoms with E-state index in [2.05, 4.69) is 9.98 Å². The van der Waals surface area contributed by atoms with Crippen molar-refractivity contribution in [2.24, 2.45) is 4.99 Å². The summed E-state index contributed by atoms with van der Waals surface area (Å²) in [6.07, 6.45) is 3.36. The van der Waals surface area contributed by atoms with Crippen LogP contribution in [0, 0.1) is 0 Å². The highest BCUT2D eigenvalue weighted by molar-refractivity contribution is 7.08. The number of rotatable bonds is 3. The number of nitrogens with zero attached hydrogens (tertiary/aromatic N) is 2. The summed E-state index contributed by atoms with van der Waals surface area (Å²) in [6, 6.07) is 3.68. The van der Waals surface area contributed by atoms with Crippen molar-refractivity contribution < 1.29 is 9.90 Å². The third-order valence-corrected chi connectivity index (χ3v) is 4.50. The summed E-state index contributed by atoms with van der Waals surface area (Å²) < 4.78 is 0. The third kappa shape index (κ3) is 2.60. The Morgan fingerprint density at radius 1 is 1.27 bits per heavy atom. The Balaban J connectivity index is 2.23. The molecule has 0 fully saturated rings. The van der Waals surface area contributed by atoms with E-state index in [-0.39, 0.29) is 5.56 Å². The maximum Gasteiger partial charge on any atom is 0.338 e. The molecule has 3 heterocycles. The number of hydrogen-bond donors (Lipinski definition) is 1. The van der Waals surface area contributed by atoms with Gasteiger partial charge < -0.3 is 5.11 Å². The number of thiophene rings is 1. The van der Waals surface area contributed by atoms with Crippen LogP contribution in [0.3, 0.4) is 0 Å². The molecule has 0 aliphatic carbocycles. The number of aromatic carboxylic acids is 1.